The summed E-state index contributed by atoms with van der Waals surface area (Å²) in [5.41, 5.74) is 0.536. The molecular formula is C19H16ClN3O4S2. The van der Waals surface area contributed by atoms with Gasteiger partial charge in [0.05, 0.1) is 10.0 Å². The number of pyridine rings is 1. The van der Waals surface area contributed by atoms with E-state index >= 15 is 0 Å². The van der Waals surface area contributed by atoms with Gasteiger partial charge in [0.1, 0.15) is 15.5 Å². The van der Waals surface area contributed by atoms with Gasteiger partial charge in [-0.15, -0.1) is 17.9 Å². The highest BCUT2D eigenvalue weighted by molar-refractivity contribution is 7.94. The number of rotatable bonds is 8. The van der Waals surface area contributed by atoms with E-state index in [0.29, 0.717) is 22.3 Å². The number of amides is 1. The van der Waals surface area contributed by atoms with E-state index in [1.807, 2.05) is 0 Å². The summed E-state index contributed by atoms with van der Waals surface area (Å²) in [6, 6.07) is 12.5. The first-order valence-corrected chi connectivity index (χ1v) is 11.0. The van der Waals surface area contributed by atoms with Crippen molar-refractivity contribution in [3.8, 4) is 11.6 Å². The normalized spacial score (nSPS) is 10.9. The highest BCUT2D eigenvalue weighted by Gasteiger charge is 2.18. The monoisotopic (exact) mass is 449 g/mol. The molecule has 7 nitrogen and oxygen atoms in total. The molecule has 0 atom stereocenters. The third-order valence-corrected chi connectivity index (χ3v) is 6.64. The zero-order chi connectivity index (χ0) is 20.9. The Balaban J connectivity index is 1.81. The summed E-state index contributed by atoms with van der Waals surface area (Å²) in [5.74, 6) is 0.0458. The molecule has 2 N–H and O–H groups in total. The first-order valence-electron chi connectivity index (χ1n) is 8.29. The Morgan fingerprint density at radius 1 is 1.24 bits per heavy atom. The van der Waals surface area contributed by atoms with Crippen LogP contribution in [0.5, 0.6) is 11.6 Å². The van der Waals surface area contributed by atoms with Crippen LogP contribution in [0.3, 0.4) is 0 Å². The van der Waals surface area contributed by atoms with Crippen molar-refractivity contribution in [2.45, 2.75) is 4.21 Å². The van der Waals surface area contributed by atoms with Crippen LogP contribution in [0.25, 0.3) is 0 Å². The van der Waals surface area contributed by atoms with E-state index < -0.39 is 10.0 Å². The van der Waals surface area contributed by atoms with E-state index in [1.54, 1.807) is 36.4 Å². The Morgan fingerprint density at radius 3 is 2.79 bits per heavy atom. The van der Waals surface area contributed by atoms with Gasteiger partial charge >= 0.3 is 0 Å². The van der Waals surface area contributed by atoms with Gasteiger partial charge in [-0.2, -0.15) is 0 Å². The molecule has 1 aromatic carbocycles. The Bertz CT molecular complexity index is 1150. The van der Waals surface area contributed by atoms with E-state index in [1.165, 1.54) is 24.4 Å². The van der Waals surface area contributed by atoms with Gasteiger partial charge in [-0.05, 0) is 36.4 Å². The predicted octanol–water partition coefficient (Wildman–Crippen LogP) is 4.31. The van der Waals surface area contributed by atoms with Crippen LogP contribution < -0.4 is 14.8 Å². The highest BCUT2D eigenvalue weighted by atomic mass is 35.5. The van der Waals surface area contributed by atoms with E-state index in [9.17, 15) is 13.2 Å². The lowest BCUT2D eigenvalue weighted by Gasteiger charge is -2.11. The maximum Gasteiger partial charge on any atom is 0.271 e. The molecule has 2 aromatic heterocycles. The smallest absolute Gasteiger partial charge is 0.271 e. The molecule has 2 heterocycles. The van der Waals surface area contributed by atoms with Gasteiger partial charge < -0.3 is 10.1 Å². The fourth-order valence-corrected chi connectivity index (χ4v) is 4.82. The number of aromatic nitrogens is 1. The van der Waals surface area contributed by atoms with Gasteiger partial charge in [0.2, 0.25) is 5.88 Å². The standard InChI is InChI=1S/C19H16ClN3O4S2/c1-2-10-21-18(24)15-7-4-11-22-19(15)27-14-6-3-5-13(12-14)23-29(25,26)17-9-8-16(20)28-17/h2-9,11-12,23H,1,10H2,(H,21,24). The van der Waals surface area contributed by atoms with E-state index in [-0.39, 0.29) is 21.6 Å². The van der Waals surface area contributed by atoms with E-state index in [4.69, 9.17) is 16.3 Å². The number of hydrogen-bond acceptors (Lipinski definition) is 6. The van der Waals surface area contributed by atoms with Gasteiger partial charge in [0, 0.05) is 18.8 Å². The molecule has 0 saturated heterocycles. The highest BCUT2D eigenvalue weighted by Crippen LogP contribution is 2.29. The summed E-state index contributed by atoms with van der Waals surface area (Å²) < 4.78 is 33.6. The molecule has 0 bridgehead atoms. The zero-order valence-electron chi connectivity index (χ0n) is 15.0. The van der Waals surface area contributed by atoms with Gasteiger partial charge in [-0.25, -0.2) is 13.4 Å². The van der Waals surface area contributed by atoms with Crippen LogP contribution >= 0.6 is 22.9 Å². The second-order valence-corrected chi connectivity index (χ2v) is 9.27. The molecule has 29 heavy (non-hydrogen) atoms. The number of sulfonamides is 1. The summed E-state index contributed by atoms with van der Waals surface area (Å²) >= 11 is 6.77. The van der Waals surface area contributed by atoms with E-state index in [0.717, 1.165) is 11.3 Å². The van der Waals surface area contributed by atoms with Gasteiger partial charge in [-0.1, -0.05) is 23.7 Å². The number of ether oxygens (including phenoxy) is 1. The van der Waals surface area contributed by atoms with Crippen LogP contribution in [-0.2, 0) is 10.0 Å². The number of nitrogens with one attached hydrogen (secondary N) is 2. The number of thiophene rings is 1. The fourth-order valence-electron chi connectivity index (χ4n) is 2.29. The quantitative estimate of drug-likeness (QED) is 0.499. The molecule has 0 saturated carbocycles. The second-order valence-electron chi connectivity index (χ2n) is 5.65. The number of carbonyl (C=O) groups excluding carboxylic acids is 1. The Kier molecular flexibility index (Phi) is 6.53. The first kappa shape index (κ1) is 20.8. The Morgan fingerprint density at radius 2 is 2.07 bits per heavy atom. The molecule has 0 fully saturated rings. The average molecular weight is 450 g/mol. The first-order chi connectivity index (χ1) is 13.9. The lowest BCUT2D eigenvalue weighted by molar-refractivity contribution is 0.0955. The van der Waals surface area contributed by atoms with Gasteiger partial charge in [-0.3, -0.25) is 9.52 Å². The lowest BCUT2D eigenvalue weighted by Crippen LogP contribution is -2.23. The van der Waals surface area contributed by atoms with Crippen molar-refractivity contribution in [2.75, 3.05) is 11.3 Å². The molecule has 3 rings (SSSR count). The molecule has 0 aliphatic carbocycles. The molecular weight excluding hydrogens is 434 g/mol. The topological polar surface area (TPSA) is 97.4 Å². The number of halogens is 1. The zero-order valence-corrected chi connectivity index (χ0v) is 17.4. The van der Waals surface area contributed by atoms with Crippen LogP contribution in [0.15, 0.2) is 71.6 Å². The van der Waals surface area contributed by atoms with Crippen LogP contribution in [0, 0.1) is 0 Å². The van der Waals surface area contributed by atoms with E-state index in [2.05, 4.69) is 21.6 Å². The van der Waals surface area contributed by atoms with Crippen molar-refractivity contribution in [2.24, 2.45) is 0 Å². The minimum absolute atomic E-state index is 0.0964. The number of benzene rings is 1. The van der Waals surface area contributed by atoms with Crippen molar-refractivity contribution >= 4 is 44.6 Å². The molecule has 0 unspecified atom stereocenters. The third-order valence-electron chi connectivity index (χ3n) is 3.54. The Hall–Kier alpha value is -2.88. The molecule has 150 valence electrons. The van der Waals surface area contributed by atoms with Crippen molar-refractivity contribution < 1.29 is 17.9 Å². The van der Waals surface area contributed by atoms with Gasteiger partial charge in [0.25, 0.3) is 15.9 Å². The maximum atomic E-state index is 12.5. The van der Waals surface area contributed by atoms with Crippen LogP contribution in [0.2, 0.25) is 4.34 Å². The number of carbonyl (C=O) groups is 1. The summed E-state index contributed by atoms with van der Waals surface area (Å²) in [5, 5.41) is 2.66. The van der Waals surface area contributed by atoms with Crippen molar-refractivity contribution in [1.29, 1.82) is 0 Å². The molecule has 10 heteroatoms. The second kappa shape index (κ2) is 9.08. The molecule has 0 aliphatic heterocycles. The number of hydrogen-bond donors (Lipinski definition) is 2. The molecule has 3 aromatic rings. The average Bonchev–Trinajstić information content (AvgIpc) is 3.14. The van der Waals surface area contributed by atoms with Crippen molar-refractivity contribution in [3.63, 3.8) is 0 Å². The predicted molar refractivity (Wildman–Crippen MR) is 113 cm³/mol. The van der Waals surface area contributed by atoms with Crippen LogP contribution in [0.4, 0.5) is 5.69 Å². The summed E-state index contributed by atoms with van der Waals surface area (Å²) in [4.78, 5) is 16.3. The molecule has 0 radical (unpaired) electrons. The SMILES string of the molecule is C=CCNC(=O)c1cccnc1Oc1cccc(NS(=O)(=O)c2ccc(Cl)s2)c1. The largest absolute Gasteiger partial charge is 0.438 e. The summed E-state index contributed by atoms with van der Waals surface area (Å²) in [6.07, 6.45) is 3.05. The molecule has 1 amide bonds. The summed E-state index contributed by atoms with van der Waals surface area (Å²) in [6.45, 7) is 3.86. The van der Waals surface area contributed by atoms with Crippen molar-refractivity contribution in [3.05, 3.63) is 77.3 Å². The lowest BCUT2D eigenvalue weighted by atomic mass is 10.2. The number of nitrogens with zero attached hydrogens (tertiary/aromatic N) is 1. The third kappa shape index (κ3) is 5.35. The minimum Gasteiger partial charge on any atom is -0.438 e. The molecule has 0 spiro atoms. The maximum absolute atomic E-state index is 12.5. The fraction of sp³-hybridized carbons (Fsp3) is 0.0526. The Labute approximate surface area is 177 Å². The van der Waals surface area contributed by atoms with Crippen LogP contribution in [-0.4, -0.2) is 25.9 Å². The number of anilines is 1. The van der Waals surface area contributed by atoms with Crippen molar-refractivity contribution in [1.82, 2.24) is 10.3 Å². The minimum atomic E-state index is -3.77. The van der Waals surface area contributed by atoms with Crippen LogP contribution in [0.1, 0.15) is 10.4 Å². The molecule has 0 aliphatic rings. The van der Waals surface area contributed by atoms with Gasteiger partial charge in [0.15, 0.2) is 0 Å². The summed E-state index contributed by atoms with van der Waals surface area (Å²) in [7, 11) is -3.77.